The molecule has 3 rings (SSSR count). The van der Waals surface area contributed by atoms with Crippen LogP contribution in [0.25, 0.3) is 11.3 Å². The normalized spacial score (nSPS) is 14.4. The highest BCUT2D eigenvalue weighted by atomic mass is 16.3. The number of aryl methyl sites for hydroxylation is 4. The third-order valence-electron chi connectivity index (χ3n) is 3.51. The molecule has 0 amide bonds. The van der Waals surface area contributed by atoms with E-state index in [4.69, 9.17) is 4.42 Å². The van der Waals surface area contributed by atoms with Gasteiger partial charge in [-0.05, 0) is 38.7 Å². The number of furan rings is 1. The molecule has 0 radical (unpaired) electrons. The van der Waals surface area contributed by atoms with Crippen LogP contribution in [0.3, 0.4) is 0 Å². The highest BCUT2D eigenvalue weighted by Gasteiger charge is 2.24. The summed E-state index contributed by atoms with van der Waals surface area (Å²) >= 11 is 0. The minimum Gasteiger partial charge on any atom is -0.466 e. The van der Waals surface area contributed by atoms with Gasteiger partial charge in [-0.1, -0.05) is 0 Å². The lowest BCUT2D eigenvalue weighted by Gasteiger charge is -2.03. The van der Waals surface area contributed by atoms with Gasteiger partial charge in [0.05, 0.1) is 11.9 Å². The van der Waals surface area contributed by atoms with E-state index in [9.17, 15) is 0 Å². The van der Waals surface area contributed by atoms with Crippen molar-refractivity contribution in [3.63, 3.8) is 0 Å². The van der Waals surface area contributed by atoms with Gasteiger partial charge in [0.15, 0.2) is 0 Å². The molecule has 0 aliphatic heterocycles. The average molecular weight is 216 g/mol. The molecule has 3 nitrogen and oxygen atoms in total. The number of hydrogen-bond acceptors (Lipinski definition) is 2. The Balaban J connectivity index is 2.35. The molecule has 0 fully saturated rings. The fraction of sp³-hybridized carbons (Fsp3) is 0.462. The lowest BCUT2D eigenvalue weighted by molar-refractivity contribution is 0.500. The Hall–Kier alpha value is -1.51. The molecule has 0 bridgehead atoms. The van der Waals surface area contributed by atoms with Crippen LogP contribution in [0.2, 0.25) is 0 Å². The van der Waals surface area contributed by atoms with Crippen LogP contribution in [-0.2, 0) is 19.9 Å². The van der Waals surface area contributed by atoms with Gasteiger partial charge < -0.3 is 4.42 Å². The van der Waals surface area contributed by atoms with Gasteiger partial charge in [0.1, 0.15) is 11.5 Å². The summed E-state index contributed by atoms with van der Waals surface area (Å²) < 4.78 is 7.74. The number of aromatic nitrogens is 2. The van der Waals surface area contributed by atoms with Gasteiger partial charge in [0.2, 0.25) is 0 Å². The Morgan fingerprint density at radius 2 is 2.06 bits per heavy atom. The SMILES string of the molecule is Cc1oc(C)c2c1CCCc1cnn(C)c1-2. The third kappa shape index (κ3) is 1.17. The quantitative estimate of drug-likeness (QED) is 0.678. The van der Waals surface area contributed by atoms with Crippen molar-refractivity contribution in [1.29, 1.82) is 0 Å². The summed E-state index contributed by atoms with van der Waals surface area (Å²) in [4.78, 5) is 0. The van der Waals surface area contributed by atoms with E-state index in [1.807, 2.05) is 24.9 Å². The van der Waals surface area contributed by atoms with Crippen LogP contribution in [0.1, 0.15) is 29.1 Å². The fourth-order valence-electron chi connectivity index (χ4n) is 2.79. The molecule has 0 atom stereocenters. The van der Waals surface area contributed by atoms with E-state index in [0.29, 0.717) is 0 Å². The fourth-order valence-corrected chi connectivity index (χ4v) is 2.79. The van der Waals surface area contributed by atoms with E-state index in [2.05, 4.69) is 12.0 Å². The molecule has 2 aromatic heterocycles. The number of rotatable bonds is 0. The third-order valence-corrected chi connectivity index (χ3v) is 3.51. The highest BCUT2D eigenvalue weighted by Crippen LogP contribution is 2.37. The van der Waals surface area contributed by atoms with Crippen LogP contribution >= 0.6 is 0 Å². The minimum atomic E-state index is 1.03. The van der Waals surface area contributed by atoms with Crippen LogP contribution in [-0.4, -0.2) is 9.78 Å². The van der Waals surface area contributed by atoms with E-state index in [0.717, 1.165) is 24.4 Å². The zero-order valence-corrected chi connectivity index (χ0v) is 10.0. The molecule has 84 valence electrons. The van der Waals surface area contributed by atoms with E-state index < -0.39 is 0 Å². The summed E-state index contributed by atoms with van der Waals surface area (Å²) in [5, 5.41) is 4.36. The minimum absolute atomic E-state index is 1.03. The summed E-state index contributed by atoms with van der Waals surface area (Å²) in [5.41, 5.74) is 5.26. The van der Waals surface area contributed by atoms with Crippen LogP contribution in [0.15, 0.2) is 10.6 Å². The van der Waals surface area contributed by atoms with Crippen LogP contribution in [0.4, 0.5) is 0 Å². The molecular formula is C13H16N2O. The lowest BCUT2D eigenvalue weighted by Crippen LogP contribution is -1.96. The standard InChI is InChI=1S/C13H16N2O/c1-8-11-6-4-5-10-7-14-15(3)13(10)12(11)9(2)16-8/h7H,4-6H2,1-3H3. The van der Waals surface area contributed by atoms with Crippen molar-refractivity contribution < 1.29 is 4.42 Å². The van der Waals surface area contributed by atoms with Gasteiger partial charge in [-0.2, -0.15) is 5.10 Å². The van der Waals surface area contributed by atoms with Crippen LogP contribution in [0, 0.1) is 13.8 Å². The van der Waals surface area contributed by atoms with Crippen molar-refractivity contribution in [3.8, 4) is 11.3 Å². The molecule has 0 N–H and O–H groups in total. The Morgan fingerprint density at radius 1 is 1.25 bits per heavy atom. The Bertz CT molecular complexity index is 549. The van der Waals surface area contributed by atoms with Crippen LogP contribution < -0.4 is 0 Å². The molecule has 2 heterocycles. The molecule has 0 spiro atoms. The maximum Gasteiger partial charge on any atom is 0.110 e. The van der Waals surface area contributed by atoms with Gasteiger partial charge in [-0.25, -0.2) is 0 Å². The molecular weight excluding hydrogens is 200 g/mol. The predicted octanol–water partition coefficient (Wildman–Crippen LogP) is 2.79. The van der Waals surface area contributed by atoms with E-state index in [1.54, 1.807) is 0 Å². The smallest absolute Gasteiger partial charge is 0.110 e. The van der Waals surface area contributed by atoms with E-state index in [1.165, 1.54) is 28.8 Å². The summed E-state index contributed by atoms with van der Waals surface area (Å²) in [7, 11) is 2.01. The van der Waals surface area contributed by atoms with E-state index in [-0.39, 0.29) is 0 Å². The van der Waals surface area contributed by atoms with Crippen molar-refractivity contribution in [3.05, 3.63) is 28.8 Å². The number of hydrogen-bond donors (Lipinski definition) is 0. The predicted molar refractivity (Wildman–Crippen MR) is 62.4 cm³/mol. The first kappa shape index (κ1) is 9.70. The van der Waals surface area contributed by atoms with Crippen LogP contribution in [0.5, 0.6) is 0 Å². The summed E-state index contributed by atoms with van der Waals surface area (Å²) in [5.74, 6) is 2.10. The number of fused-ring (bicyclic) bond motifs is 3. The second-order valence-corrected chi connectivity index (χ2v) is 4.56. The molecule has 2 aromatic rings. The van der Waals surface area contributed by atoms with Gasteiger partial charge in [0, 0.05) is 18.2 Å². The molecule has 1 aliphatic carbocycles. The van der Waals surface area contributed by atoms with Crippen molar-refractivity contribution in [1.82, 2.24) is 9.78 Å². The second-order valence-electron chi connectivity index (χ2n) is 4.56. The van der Waals surface area contributed by atoms with Crippen molar-refractivity contribution in [2.45, 2.75) is 33.1 Å². The second kappa shape index (κ2) is 3.24. The van der Waals surface area contributed by atoms with E-state index >= 15 is 0 Å². The lowest BCUT2D eigenvalue weighted by atomic mass is 10.0. The Morgan fingerprint density at radius 3 is 2.88 bits per heavy atom. The first-order valence-electron chi connectivity index (χ1n) is 5.78. The summed E-state index contributed by atoms with van der Waals surface area (Å²) in [6.45, 7) is 4.11. The molecule has 3 heteroatoms. The van der Waals surface area contributed by atoms with Gasteiger partial charge in [-0.3, -0.25) is 4.68 Å². The first-order valence-corrected chi connectivity index (χ1v) is 5.78. The Labute approximate surface area is 95.1 Å². The highest BCUT2D eigenvalue weighted by molar-refractivity contribution is 5.71. The monoisotopic (exact) mass is 216 g/mol. The summed E-state index contributed by atoms with van der Waals surface area (Å²) in [6.07, 6.45) is 5.42. The number of nitrogens with zero attached hydrogens (tertiary/aromatic N) is 2. The van der Waals surface area contributed by atoms with Gasteiger partial charge in [-0.15, -0.1) is 0 Å². The Kier molecular flexibility index (Phi) is 1.96. The van der Waals surface area contributed by atoms with Gasteiger partial charge in [0.25, 0.3) is 0 Å². The van der Waals surface area contributed by atoms with Gasteiger partial charge >= 0.3 is 0 Å². The molecule has 16 heavy (non-hydrogen) atoms. The maximum absolute atomic E-state index is 5.76. The maximum atomic E-state index is 5.76. The van der Waals surface area contributed by atoms with Crippen molar-refractivity contribution >= 4 is 0 Å². The summed E-state index contributed by atoms with van der Waals surface area (Å²) in [6, 6.07) is 0. The van der Waals surface area contributed by atoms with Crippen molar-refractivity contribution in [2.24, 2.45) is 7.05 Å². The molecule has 0 aromatic carbocycles. The zero-order chi connectivity index (χ0) is 11.3. The molecule has 0 saturated heterocycles. The first-order chi connectivity index (χ1) is 7.68. The largest absolute Gasteiger partial charge is 0.466 e. The molecule has 0 unspecified atom stereocenters. The molecule has 1 aliphatic rings. The average Bonchev–Trinajstić information content (AvgIpc) is 2.64. The van der Waals surface area contributed by atoms with Crippen molar-refractivity contribution in [2.75, 3.05) is 0 Å². The topological polar surface area (TPSA) is 31.0 Å². The zero-order valence-electron chi connectivity index (χ0n) is 10.0. The molecule has 0 saturated carbocycles.